The van der Waals surface area contributed by atoms with Crippen LogP contribution in [0.4, 0.5) is 11.4 Å². The summed E-state index contributed by atoms with van der Waals surface area (Å²) in [6.07, 6.45) is 1.56. The standard InChI is InChI=1S/C13H11Cl2N3O/c1-16-8-5-6-17-11(7-8)13(19)18-10-4-2-3-9(14)12(10)15/h2-7H,1H3,(H,16,17)(H,18,19). The van der Waals surface area contributed by atoms with Crippen molar-refractivity contribution in [3.63, 3.8) is 0 Å². The first-order valence-electron chi connectivity index (χ1n) is 5.51. The maximum absolute atomic E-state index is 12.0. The Labute approximate surface area is 120 Å². The van der Waals surface area contributed by atoms with E-state index in [2.05, 4.69) is 15.6 Å². The molecule has 1 aromatic carbocycles. The van der Waals surface area contributed by atoms with Gasteiger partial charge in [-0.3, -0.25) is 9.78 Å². The number of halogens is 2. The number of benzene rings is 1. The van der Waals surface area contributed by atoms with E-state index in [9.17, 15) is 4.79 Å². The fourth-order valence-corrected chi connectivity index (χ4v) is 1.84. The molecule has 0 unspecified atom stereocenters. The first-order valence-corrected chi connectivity index (χ1v) is 6.26. The largest absolute Gasteiger partial charge is 0.388 e. The van der Waals surface area contributed by atoms with Gasteiger partial charge in [-0.2, -0.15) is 0 Å². The van der Waals surface area contributed by atoms with Crippen LogP contribution in [0.5, 0.6) is 0 Å². The van der Waals surface area contributed by atoms with Crippen LogP contribution in [0.15, 0.2) is 36.5 Å². The lowest BCUT2D eigenvalue weighted by molar-refractivity contribution is 0.102. The molecule has 2 rings (SSSR count). The molecule has 0 aliphatic carbocycles. The molecule has 98 valence electrons. The average Bonchev–Trinajstić information content (AvgIpc) is 2.44. The van der Waals surface area contributed by atoms with Gasteiger partial charge in [0.1, 0.15) is 5.69 Å². The van der Waals surface area contributed by atoms with Crippen LogP contribution < -0.4 is 10.6 Å². The zero-order valence-corrected chi connectivity index (χ0v) is 11.6. The fourth-order valence-electron chi connectivity index (χ4n) is 1.50. The van der Waals surface area contributed by atoms with Crippen LogP contribution in [-0.2, 0) is 0 Å². The zero-order valence-electron chi connectivity index (χ0n) is 10.1. The molecule has 2 N–H and O–H groups in total. The first kappa shape index (κ1) is 13.6. The van der Waals surface area contributed by atoms with Gasteiger partial charge in [0.25, 0.3) is 5.91 Å². The van der Waals surface area contributed by atoms with Gasteiger partial charge in [-0.15, -0.1) is 0 Å². The van der Waals surface area contributed by atoms with Crippen molar-refractivity contribution in [3.8, 4) is 0 Å². The van der Waals surface area contributed by atoms with Crippen molar-refractivity contribution in [2.75, 3.05) is 17.7 Å². The van der Waals surface area contributed by atoms with Crippen molar-refractivity contribution in [2.45, 2.75) is 0 Å². The maximum Gasteiger partial charge on any atom is 0.274 e. The highest BCUT2D eigenvalue weighted by Gasteiger charge is 2.11. The van der Waals surface area contributed by atoms with Crippen molar-refractivity contribution in [1.29, 1.82) is 0 Å². The minimum Gasteiger partial charge on any atom is -0.388 e. The number of aromatic nitrogens is 1. The minimum absolute atomic E-state index is 0.294. The quantitative estimate of drug-likeness (QED) is 0.908. The molecule has 2 aromatic rings. The molecule has 0 fully saturated rings. The molecule has 6 heteroatoms. The topological polar surface area (TPSA) is 54.0 Å². The number of nitrogens with zero attached hydrogens (tertiary/aromatic N) is 1. The monoisotopic (exact) mass is 295 g/mol. The summed E-state index contributed by atoms with van der Waals surface area (Å²) in [5.41, 5.74) is 1.55. The summed E-state index contributed by atoms with van der Waals surface area (Å²) in [5.74, 6) is -0.346. The molecular weight excluding hydrogens is 285 g/mol. The van der Waals surface area contributed by atoms with Crippen molar-refractivity contribution in [2.24, 2.45) is 0 Å². The molecule has 1 aromatic heterocycles. The predicted molar refractivity (Wildman–Crippen MR) is 78.2 cm³/mol. The highest BCUT2D eigenvalue weighted by molar-refractivity contribution is 6.44. The second kappa shape index (κ2) is 5.91. The van der Waals surface area contributed by atoms with Gasteiger partial charge >= 0.3 is 0 Å². The highest BCUT2D eigenvalue weighted by Crippen LogP contribution is 2.29. The van der Waals surface area contributed by atoms with Crippen LogP contribution in [0.25, 0.3) is 0 Å². The van der Waals surface area contributed by atoms with E-state index in [0.29, 0.717) is 21.4 Å². The lowest BCUT2D eigenvalue weighted by atomic mass is 10.2. The van der Waals surface area contributed by atoms with Crippen molar-refractivity contribution in [3.05, 3.63) is 52.3 Å². The van der Waals surface area contributed by atoms with Gasteiger partial charge in [-0.25, -0.2) is 0 Å². The molecule has 1 amide bonds. The van der Waals surface area contributed by atoms with E-state index in [-0.39, 0.29) is 5.91 Å². The molecule has 0 atom stereocenters. The van der Waals surface area contributed by atoms with Gasteiger partial charge in [0, 0.05) is 18.9 Å². The van der Waals surface area contributed by atoms with E-state index >= 15 is 0 Å². The Bertz CT molecular complexity index is 617. The number of carbonyl (C=O) groups is 1. The Morgan fingerprint density at radius 1 is 1.26 bits per heavy atom. The summed E-state index contributed by atoms with van der Waals surface area (Å²) in [6.45, 7) is 0. The summed E-state index contributed by atoms with van der Waals surface area (Å²) < 4.78 is 0. The molecule has 1 heterocycles. The number of carbonyl (C=O) groups excluding carboxylic acids is 1. The molecule has 0 aliphatic heterocycles. The van der Waals surface area contributed by atoms with E-state index in [0.717, 1.165) is 5.69 Å². The number of pyridine rings is 1. The lowest BCUT2D eigenvalue weighted by Crippen LogP contribution is -2.14. The van der Waals surface area contributed by atoms with Gasteiger partial charge in [-0.1, -0.05) is 29.3 Å². The van der Waals surface area contributed by atoms with Crippen LogP contribution >= 0.6 is 23.2 Å². The molecule has 0 saturated carbocycles. The smallest absolute Gasteiger partial charge is 0.274 e. The van der Waals surface area contributed by atoms with Gasteiger partial charge in [0.05, 0.1) is 15.7 Å². The molecule has 0 saturated heterocycles. The molecule has 0 aliphatic rings. The third-order valence-corrected chi connectivity index (χ3v) is 3.30. The summed E-state index contributed by atoms with van der Waals surface area (Å²) in [6, 6.07) is 8.45. The number of hydrogen-bond donors (Lipinski definition) is 2. The maximum atomic E-state index is 12.0. The minimum atomic E-state index is -0.346. The van der Waals surface area contributed by atoms with Gasteiger partial charge in [-0.05, 0) is 24.3 Å². The Hall–Kier alpha value is -1.78. The van der Waals surface area contributed by atoms with Gasteiger partial charge in [0.2, 0.25) is 0 Å². The Morgan fingerprint density at radius 3 is 2.79 bits per heavy atom. The number of amides is 1. The van der Waals surface area contributed by atoms with Gasteiger partial charge in [0.15, 0.2) is 0 Å². The second-order valence-electron chi connectivity index (χ2n) is 3.74. The summed E-state index contributed by atoms with van der Waals surface area (Å²) in [5, 5.41) is 6.31. The van der Waals surface area contributed by atoms with Crippen LogP contribution in [-0.4, -0.2) is 17.9 Å². The summed E-state index contributed by atoms with van der Waals surface area (Å²) >= 11 is 11.9. The summed E-state index contributed by atoms with van der Waals surface area (Å²) in [7, 11) is 1.77. The Kier molecular flexibility index (Phi) is 4.24. The molecular formula is C13H11Cl2N3O. The SMILES string of the molecule is CNc1ccnc(C(=O)Nc2cccc(Cl)c2Cl)c1. The fraction of sp³-hybridized carbons (Fsp3) is 0.0769. The third-order valence-electron chi connectivity index (χ3n) is 2.48. The predicted octanol–water partition coefficient (Wildman–Crippen LogP) is 3.68. The van der Waals surface area contributed by atoms with E-state index in [4.69, 9.17) is 23.2 Å². The molecule has 0 radical (unpaired) electrons. The van der Waals surface area contributed by atoms with Gasteiger partial charge < -0.3 is 10.6 Å². The number of anilines is 2. The van der Waals surface area contributed by atoms with Crippen LogP contribution in [0, 0.1) is 0 Å². The van der Waals surface area contributed by atoms with Crippen molar-refractivity contribution >= 4 is 40.5 Å². The van der Waals surface area contributed by atoms with Crippen LogP contribution in [0.3, 0.4) is 0 Å². The molecule has 19 heavy (non-hydrogen) atoms. The van der Waals surface area contributed by atoms with Crippen molar-refractivity contribution in [1.82, 2.24) is 4.98 Å². The summed E-state index contributed by atoms with van der Waals surface area (Å²) in [4.78, 5) is 16.1. The lowest BCUT2D eigenvalue weighted by Gasteiger charge is -2.08. The first-order chi connectivity index (χ1) is 9.11. The molecule has 0 bridgehead atoms. The van der Waals surface area contributed by atoms with E-state index in [1.165, 1.54) is 0 Å². The Morgan fingerprint density at radius 2 is 2.05 bits per heavy atom. The van der Waals surface area contributed by atoms with E-state index < -0.39 is 0 Å². The number of nitrogens with one attached hydrogen (secondary N) is 2. The van der Waals surface area contributed by atoms with Crippen molar-refractivity contribution < 1.29 is 4.79 Å². The van der Waals surface area contributed by atoms with Crippen LogP contribution in [0.1, 0.15) is 10.5 Å². The zero-order chi connectivity index (χ0) is 13.8. The van der Waals surface area contributed by atoms with Crippen LogP contribution in [0.2, 0.25) is 10.0 Å². The molecule has 4 nitrogen and oxygen atoms in total. The third kappa shape index (κ3) is 3.16. The highest BCUT2D eigenvalue weighted by atomic mass is 35.5. The van der Waals surface area contributed by atoms with E-state index in [1.807, 2.05) is 0 Å². The molecule has 0 spiro atoms. The number of hydrogen-bond acceptors (Lipinski definition) is 3. The van der Waals surface area contributed by atoms with E-state index in [1.54, 1.807) is 43.6 Å². The normalized spacial score (nSPS) is 10.1. The Balaban J connectivity index is 2.23. The second-order valence-corrected chi connectivity index (χ2v) is 4.52. The number of rotatable bonds is 3. The average molecular weight is 296 g/mol.